The Labute approximate surface area is 111 Å². The van der Waals surface area contributed by atoms with Crippen molar-refractivity contribution in [3.05, 3.63) is 36.2 Å². The lowest BCUT2D eigenvalue weighted by Crippen LogP contribution is -2.33. The molecule has 0 amide bonds. The molecule has 19 heavy (non-hydrogen) atoms. The van der Waals surface area contributed by atoms with Crippen molar-refractivity contribution in [3.63, 3.8) is 0 Å². The third-order valence-corrected chi connectivity index (χ3v) is 3.47. The van der Waals surface area contributed by atoms with Crippen molar-refractivity contribution in [2.24, 2.45) is 5.73 Å². The Morgan fingerprint density at radius 3 is 2.74 bits per heavy atom. The van der Waals surface area contributed by atoms with Gasteiger partial charge in [-0.15, -0.1) is 10.2 Å². The first kappa shape index (κ1) is 12.1. The van der Waals surface area contributed by atoms with Crippen LogP contribution in [0.1, 0.15) is 30.5 Å². The highest BCUT2D eigenvalue weighted by Gasteiger charge is 2.25. The van der Waals surface area contributed by atoms with Gasteiger partial charge in [-0.25, -0.2) is 4.98 Å². The van der Waals surface area contributed by atoms with Crippen molar-refractivity contribution in [2.45, 2.75) is 25.3 Å². The molecule has 6 nitrogen and oxygen atoms in total. The smallest absolute Gasteiger partial charge is 0.230 e. The monoisotopic (exact) mass is 259 g/mol. The largest absolute Gasteiger partial charge is 0.424 e. The Bertz CT molecular complexity index is 519. The van der Waals surface area contributed by atoms with Crippen LogP contribution in [0.5, 0.6) is 0 Å². The van der Waals surface area contributed by atoms with E-state index in [1.165, 1.54) is 0 Å². The molecule has 0 unspecified atom stereocenters. The molecule has 0 spiro atoms. The summed E-state index contributed by atoms with van der Waals surface area (Å²) >= 11 is 0. The third kappa shape index (κ3) is 2.58. The number of rotatable bonds is 3. The lowest BCUT2D eigenvalue weighted by atomic mass is 9.97. The summed E-state index contributed by atoms with van der Waals surface area (Å²) in [5.74, 6) is 2.62. The number of piperidine rings is 1. The van der Waals surface area contributed by atoms with Gasteiger partial charge >= 0.3 is 0 Å². The second-order valence-corrected chi connectivity index (χ2v) is 4.69. The molecule has 2 aromatic heterocycles. The minimum absolute atomic E-state index is 0.305. The number of nitrogens with two attached hydrogens (primary N) is 1. The zero-order chi connectivity index (χ0) is 13.1. The maximum Gasteiger partial charge on any atom is 0.230 e. The molecule has 100 valence electrons. The normalized spacial score (nSPS) is 16.8. The highest BCUT2D eigenvalue weighted by atomic mass is 16.4. The fraction of sp³-hybridized carbons (Fsp3) is 0.462. The molecular formula is C13H17N5O. The van der Waals surface area contributed by atoms with Gasteiger partial charge in [-0.2, -0.15) is 0 Å². The number of aromatic nitrogens is 3. The molecule has 3 rings (SSSR count). The van der Waals surface area contributed by atoms with E-state index in [0.29, 0.717) is 18.4 Å². The minimum Gasteiger partial charge on any atom is -0.424 e. The molecule has 0 atom stereocenters. The van der Waals surface area contributed by atoms with E-state index in [4.69, 9.17) is 10.2 Å². The molecule has 2 aromatic rings. The van der Waals surface area contributed by atoms with Crippen LogP contribution >= 0.6 is 0 Å². The number of hydrogen-bond donors (Lipinski definition) is 1. The molecule has 0 radical (unpaired) electrons. The van der Waals surface area contributed by atoms with Gasteiger partial charge in [0.05, 0.1) is 6.54 Å². The van der Waals surface area contributed by atoms with Crippen LogP contribution in [0.25, 0.3) is 0 Å². The highest BCUT2D eigenvalue weighted by Crippen LogP contribution is 2.28. The van der Waals surface area contributed by atoms with Gasteiger partial charge in [0.2, 0.25) is 11.8 Å². The Hall–Kier alpha value is -1.95. The fourth-order valence-corrected chi connectivity index (χ4v) is 2.41. The summed E-state index contributed by atoms with van der Waals surface area (Å²) in [6.07, 6.45) is 3.83. The van der Waals surface area contributed by atoms with Crippen LogP contribution in [0.3, 0.4) is 0 Å². The topological polar surface area (TPSA) is 81.1 Å². The first-order valence-corrected chi connectivity index (χ1v) is 6.55. The van der Waals surface area contributed by atoms with Crippen LogP contribution in [0, 0.1) is 0 Å². The second-order valence-electron chi connectivity index (χ2n) is 4.69. The van der Waals surface area contributed by atoms with Crippen LogP contribution in [0.15, 0.2) is 28.8 Å². The van der Waals surface area contributed by atoms with Crippen molar-refractivity contribution in [2.75, 3.05) is 18.0 Å². The van der Waals surface area contributed by atoms with E-state index in [1.807, 2.05) is 24.4 Å². The summed E-state index contributed by atoms with van der Waals surface area (Å²) in [6.45, 7) is 2.23. The molecular weight excluding hydrogens is 242 g/mol. The van der Waals surface area contributed by atoms with E-state index in [9.17, 15) is 0 Å². The quantitative estimate of drug-likeness (QED) is 0.895. The number of anilines is 1. The number of hydrogen-bond acceptors (Lipinski definition) is 6. The molecule has 0 saturated carbocycles. The van der Waals surface area contributed by atoms with Gasteiger partial charge in [-0.3, -0.25) is 0 Å². The van der Waals surface area contributed by atoms with Crippen molar-refractivity contribution in [1.29, 1.82) is 0 Å². The molecule has 2 N–H and O–H groups in total. The van der Waals surface area contributed by atoms with Crippen LogP contribution in [-0.2, 0) is 6.54 Å². The highest BCUT2D eigenvalue weighted by molar-refractivity contribution is 5.38. The molecule has 6 heteroatoms. The third-order valence-electron chi connectivity index (χ3n) is 3.47. The summed E-state index contributed by atoms with van der Waals surface area (Å²) in [5, 5.41) is 8.00. The predicted molar refractivity (Wildman–Crippen MR) is 70.6 cm³/mol. The number of nitrogens with zero attached hydrogens (tertiary/aromatic N) is 4. The van der Waals surface area contributed by atoms with E-state index >= 15 is 0 Å². The van der Waals surface area contributed by atoms with E-state index in [2.05, 4.69) is 20.1 Å². The maximum absolute atomic E-state index is 5.53. The number of pyridine rings is 1. The first-order valence-electron chi connectivity index (χ1n) is 6.55. The molecule has 0 bridgehead atoms. The van der Waals surface area contributed by atoms with Gasteiger partial charge in [0.25, 0.3) is 0 Å². The Morgan fingerprint density at radius 1 is 1.26 bits per heavy atom. The van der Waals surface area contributed by atoms with E-state index < -0.39 is 0 Å². The molecule has 1 aliphatic rings. The van der Waals surface area contributed by atoms with Crippen LogP contribution in [0.2, 0.25) is 0 Å². The lowest BCUT2D eigenvalue weighted by molar-refractivity contribution is 0.375. The molecule has 0 aromatic carbocycles. The molecule has 0 aliphatic carbocycles. The first-order chi connectivity index (χ1) is 9.36. The van der Waals surface area contributed by atoms with E-state index in [-0.39, 0.29) is 0 Å². The van der Waals surface area contributed by atoms with Gasteiger partial charge in [-0.05, 0) is 25.0 Å². The zero-order valence-electron chi connectivity index (χ0n) is 10.7. The van der Waals surface area contributed by atoms with Crippen LogP contribution in [0.4, 0.5) is 5.82 Å². The minimum atomic E-state index is 0.305. The average Bonchev–Trinajstić information content (AvgIpc) is 2.97. The Balaban J connectivity index is 1.63. The van der Waals surface area contributed by atoms with Crippen molar-refractivity contribution >= 4 is 5.82 Å². The SMILES string of the molecule is NCc1nnc(C2CCN(c3ccccn3)CC2)o1. The van der Waals surface area contributed by atoms with Gasteiger partial charge in [0, 0.05) is 25.2 Å². The predicted octanol–water partition coefficient (Wildman–Crippen LogP) is 1.31. The lowest BCUT2D eigenvalue weighted by Gasteiger charge is -2.31. The molecule has 3 heterocycles. The summed E-state index contributed by atoms with van der Waals surface area (Å²) in [4.78, 5) is 6.66. The van der Waals surface area contributed by atoms with E-state index in [1.54, 1.807) is 0 Å². The fourth-order valence-electron chi connectivity index (χ4n) is 2.41. The Kier molecular flexibility index (Phi) is 3.41. The van der Waals surface area contributed by atoms with Crippen molar-refractivity contribution in [3.8, 4) is 0 Å². The molecule has 1 saturated heterocycles. The van der Waals surface area contributed by atoms with Gasteiger partial charge < -0.3 is 15.1 Å². The maximum atomic E-state index is 5.53. The van der Waals surface area contributed by atoms with Crippen LogP contribution in [-0.4, -0.2) is 28.3 Å². The summed E-state index contributed by atoms with van der Waals surface area (Å²) in [5.41, 5.74) is 5.48. The summed E-state index contributed by atoms with van der Waals surface area (Å²) in [6, 6.07) is 5.99. The van der Waals surface area contributed by atoms with Gasteiger partial charge in [0.15, 0.2) is 0 Å². The van der Waals surface area contributed by atoms with Crippen LogP contribution < -0.4 is 10.6 Å². The second kappa shape index (κ2) is 5.36. The van der Waals surface area contributed by atoms with Gasteiger partial charge in [-0.1, -0.05) is 6.07 Å². The molecule has 1 fully saturated rings. The average molecular weight is 259 g/mol. The van der Waals surface area contributed by atoms with E-state index in [0.717, 1.165) is 37.6 Å². The van der Waals surface area contributed by atoms with Crippen molar-refractivity contribution < 1.29 is 4.42 Å². The summed E-state index contributed by atoms with van der Waals surface area (Å²) < 4.78 is 5.53. The van der Waals surface area contributed by atoms with Gasteiger partial charge in [0.1, 0.15) is 5.82 Å². The van der Waals surface area contributed by atoms with Crippen molar-refractivity contribution in [1.82, 2.24) is 15.2 Å². The zero-order valence-corrected chi connectivity index (χ0v) is 10.7. The summed E-state index contributed by atoms with van der Waals surface area (Å²) in [7, 11) is 0. The molecule has 1 aliphatic heterocycles. The Morgan fingerprint density at radius 2 is 2.11 bits per heavy atom. The standard InChI is InChI=1S/C13H17N5O/c14-9-12-16-17-13(19-12)10-4-7-18(8-5-10)11-3-1-2-6-15-11/h1-3,6,10H,4-5,7-9,14H2.